The maximum absolute atomic E-state index is 14.1. The zero-order valence-electron chi connectivity index (χ0n) is 22.3. The molecule has 0 amide bonds. The number of H-pyrrole nitrogens is 1. The maximum atomic E-state index is 14.1. The van der Waals surface area contributed by atoms with Crippen molar-refractivity contribution in [3.05, 3.63) is 143 Å². The van der Waals surface area contributed by atoms with Crippen LogP contribution in [0.2, 0.25) is 5.02 Å². The van der Waals surface area contributed by atoms with Crippen molar-refractivity contribution >= 4 is 34.2 Å². The van der Waals surface area contributed by atoms with E-state index in [-0.39, 0.29) is 0 Å². The Bertz CT molecular complexity index is 1540. The van der Waals surface area contributed by atoms with Gasteiger partial charge in [-0.1, -0.05) is 103 Å². The minimum absolute atomic E-state index is 0.392. The van der Waals surface area contributed by atoms with Crippen molar-refractivity contribution in [2.75, 3.05) is 0 Å². The van der Waals surface area contributed by atoms with Crippen LogP contribution in [0.25, 0.3) is 10.9 Å². The van der Waals surface area contributed by atoms with Gasteiger partial charge >= 0.3 is 5.97 Å². The molecule has 0 aliphatic carbocycles. The molecular weight excluding hydrogens is 504 g/mol. The van der Waals surface area contributed by atoms with E-state index in [2.05, 4.69) is 11.1 Å². The van der Waals surface area contributed by atoms with Crippen molar-refractivity contribution in [1.29, 1.82) is 0 Å². The molecule has 2 atom stereocenters. The number of nitrogens with zero attached hydrogens (tertiary/aromatic N) is 1. The third kappa shape index (κ3) is 6.13. The van der Waals surface area contributed by atoms with Gasteiger partial charge in [-0.3, -0.25) is 4.99 Å². The summed E-state index contributed by atoms with van der Waals surface area (Å²) in [5.74, 6) is -0.826. The van der Waals surface area contributed by atoms with Gasteiger partial charge in [0, 0.05) is 39.2 Å². The van der Waals surface area contributed by atoms with Crippen LogP contribution >= 0.6 is 11.6 Å². The van der Waals surface area contributed by atoms with E-state index in [4.69, 9.17) is 21.3 Å². The second-order valence-corrected chi connectivity index (χ2v) is 10.9. The molecule has 4 aromatic carbocycles. The molecule has 0 fully saturated rings. The van der Waals surface area contributed by atoms with E-state index < -0.39 is 23.5 Å². The van der Waals surface area contributed by atoms with Crippen LogP contribution in [0.15, 0.2) is 120 Å². The van der Waals surface area contributed by atoms with Gasteiger partial charge in [0.1, 0.15) is 5.60 Å². The second-order valence-electron chi connectivity index (χ2n) is 10.5. The van der Waals surface area contributed by atoms with Crippen LogP contribution in [-0.4, -0.2) is 28.3 Å². The van der Waals surface area contributed by atoms with E-state index >= 15 is 0 Å². The van der Waals surface area contributed by atoms with E-state index in [1.54, 1.807) is 0 Å². The van der Waals surface area contributed by atoms with E-state index in [1.165, 1.54) is 0 Å². The van der Waals surface area contributed by atoms with Gasteiger partial charge in [0.15, 0.2) is 6.04 Å². The molecule has 0 saturated heterocycles. The Morgan fingerprint density at radius 3 is 1.95 bits per heavy atom. The minimum Gasteiger partial charge on any atom is -0.458 e. The van der Waals surface area contributed by atoms with Crippen LogP contribution in [0, 0.1) is 0 Å². The number of rotatable bonds is 7. The van der Waals surface area contributed by atoms with Crippen molar-refractivity contribution in [3.8, 4) is 0 Å². The molecule has 196 valence electrons. The zero-order chi connectivity index (χ0) is 27.4. The number of hydrogen-bond donors (Lipinski definition) is 1. The fraction of sp³-hybridized carbons (Fsp3) is 0.176. The van der Waals surface area contributed by atoms with E-state index in [0.717, 1.165) is 38.9 Å². The van der Waals surface area contributed by atoms with Crippen LogP contribution in [0.5, 0.6) is 0 Å². The zero-order valence-corrected chi connectivity index (χ0v) is 23.0. The van der Waals surface area contributed by atoms with Gasteiger partial charge in [-0.05, 0) is 50.1 Å². The number of benzene rings is 4. The number of para-hydroxylation sites is 1. The summed E-state index contributed by atoms with van der Waals surface area (Å²) >= 11 is 6.28. The van der Waals surface area contributed by atoms with Crippen LogP contribution < -0.4 is 0 Å². The smallest absolute Gasteiger partial charge is 0.332 e. The summed E-state index contributed by atoms with van der Waals surface area (Å²) in [5.41, 5.74) is 4.76. The third-order valence-corrected chi connectivity index (χ3v) is 6.76. The van der Waals surface area contributed by atoms with Gasteiger partial charge in [-0.25, -0.2) is 4.79 Å². The summed E-state index contributed by atoms with van der Waals surface area (Å²) in [7, 11) is 0. The quantitative estimate of drug-likeness (QED) is 0.169. The van der Waals surface area contributed by atoms with Gasteiger partial charge in [0.2, 0.25) is 0 Å². The normalized spacial score (nSPS) is 13.0. The molecule has 0 bridgehead atoms. The fourth-order valence-corrected chi connectivity index (χ4v) is 4.95. The first-order valence-electron chi connectivity index (χ1n) is 13.0. The molecule has 1 N–H and O–H groups in total. The van der Waals surface area contributed by atoms with Crippen LogP contribution in [0.4, 0.5) is 0 Å². The summed E-state index contributed by atoms with van der Waals surface area (Å²) in [4.78, 5) is 22.7. The Hall–Kier alpha value is -4.15. The highest BCUT2D eigenvalue weighted by atomic mass is 35.5. The summed E-state index contributed by atoms with van der Waals surface area (Å²) in [5, 5.41) is 1.66. The van der Waals surface area contributed by atoms with Crippen LogP contribution in [0.3, 0.4) is 0 Å². The molecule has 0 radical (unpaired) electrons. The van der Waals surface area contributed by atoms with Crippen LogP contribution in [0.1, 0.15) is 48.9 Å². The standard InChI is InChI=1S/C34H31ClN2O2/c1-34(2,3)39-33(38)32(37-31(24-12-6-4-7-13-24)25-14-8-5-9-15-25)30(23-18-20-26(35)21-19-23)28-22-36-29-17-11-10-16-27(28)29/h4-22,30,32,36H,1-3H3/t30-,32-/m0/s1. The number of ether oxygens (including phenoxy) is 1. The summed E-state index contributed by atoms with van der Waals surface area (Å²) in [6.07, 6.45) is 1.97. The molecule has 0 aliphatic heterocycles. The summed E-state index contributed by atoms with van der Waals surface area (Å²) in [6.45, 7) is 5.64. The van der Waals surface area contributed by atoms with E-state index in [9.17, 15) is 4.79 Å². The van der Waals surface area contributed by atoms with Gasteiger partial charge in [0.25, 0.3) is 0 Å². The number of aromatic nitrogens is 1. The van der Waals surface area contributed by atoms with E-state index in [1.807, 2.05) is 130 Å². The number of hydrogen-bond acceptors (Lipinski definition) is 3. The number of aliphatic imine (C=N–C) groups is 1. The van der Waals surface area contributed by atoms with Crippen LogP contribution in [-0.2, 0) is 9.53 Å². The first-order valence-corrected chi connectivity index (χ1v) is 13.4. The Balaban J connectivity index is 1.78. The van der Waals surface area contributed by atoms with Crippen molar-refractivity contribution in [3.63, 3.8) is 0 Å². The number of carbonyl (C=O) groups is 1. The molecule has 0 unspecified atom stereocenters. The lowest BCUT2D eigenvalue weighted by molar-refractivity contribution is -0.156. The monoisotopic (exact) mass is 534 g/mol. The highest BCUT2D eigenvalue weighted by Crippen LogP contribution is 2.37. The average Bonchev–Trinajstić information content (AvgIpc) is 3.35. The van der Waals surface area contributed by atoms with Gasteiger partial charge in [-0.2, -0.15) is 0 Å². The molecule has 1 heterocycles. The van der Waals surface area contributed by atoms with Crippen molar-refractivity contribution in [2.24, 2.45) is 4.99 Å². The van der Waals surface area contributed by atoms with Gasteiger partial charge in [-0.15, -0.1) is 0 Å². The van der Waals surface area contributed by atoms with Crippen molar-refractivity contribution in [2.45, 2.75) is 38.3 Å². The molecule has 39 heavy (non-hydrogen) atoms. The Morgan fingerprint density at radius 2 is 1.36 bits per heavy atom. The predicted molar refractivity (Wildman–Crippen MR) is 160 cm³/mol. The average molecular weight is 535 g/mol. The Labute approximate surface area is 234 Å². The highest BCUT2D eigenvalue weighted by molar-refractivity contribution is 6.30. The number of nitrogens with one attached hydrogen (secondary N) is 1. The molecule has 0 aliphatic rings. The first-order chi connectivity index (χ1) is 18.8. The topological polar surface area (TPSA) is 54.4 Å². The lowest BCUT2D eigenvalue weighted by Gasteiger charge is -2.28. The first kappa shape index (κ1) is 26.5. The molecule has 5 aromatic rings. The number of carbonyl (C=O) groups excluding carboxylic acids is 1. The molecule has 0 spiro atoms. The van der Waals surface area contributed by atoms with Gasteiger partial charge < -0.3 is 9.72 Å². The lowest BCUT2D eigenvalue weighted by atomic mass is 9.84. The summed E-state index contributed by atoms with van der Waals surface area (Å²) < 4.78 is 6.03. The minimum atomic E-state index is -0.875. The van der Waals surface area contributed by atoms with E-state index in [0.29, 0.717) is 5.02 Å². The Morgan fingerprint density at radius 1 is 0.795 bits per heavy atom. The summed E-state index contributed by atoms with van der Waals surface area (Å²) in [6, 6.07) is 34.8. The third-order valence-electron chi connectivity index (χ3n) is 6.51. The largest absolute Gasteiger partial charge is 0.458 e. The van der Waals surface area contributed by atoms with Crippen molar-refractivity contribution in [1.82, 2.24) is 4.98 Å². The number of fused-ring (bicyclic) bond motifs is 1. The fourth-order valence-electron chi connectivity index (χ4n) is 4.83. The molecule has 4 nitrogen and oxygen atoms in total. The lowest BCUT2D eigenvalue weighted by Crippen LogP contribution is -2.36. The molecule has 1 aromatic heterocycles. The predicted octanol–water partition coefficient (Wildman–Crippen LogP) is 8.20. The highest BCUT2D eigenvalue weighted by Gasteiger charge is 2.36. The molecule has 5 rings (SSSR count). The second kappa shape index (κ2) is 11.3. The number of aromatic amines is 1. The molecule has 0 saturated carbocycles. The van der Waals surface area contributed by atoms with Crippen molar-refractivity contribution < 1.29 is 9.53 Å². The number of halogens is 1. The number of esters is 1. The van der Waals surface area contributed by atoms with Gasteiger partial charge in [0.05, 0.1) is 5.71 Å². The molecular formula is C34H31ClN2O2. The molecule has 5 heteroatoms. The SMILES string of the molecule is CC(C)(C)OC(=O)[C@@H](N=C(c1ccccc1)c1ccccc1)[C@@H](c1ccc(Cl)cc1)c1c[nH]c2ccccc12. The Kier molecular flexibility index (Phi) is 7.67. The maximum Gasteiger partial charge on any atom is 0.332 e.